The van der Waals surface area contributed by atoms with E-state index in [4.69, 9.17) is 0 Å². The number of aryl methyl sites for hydroxylation is 2. The molecule has 0 bridgehead atoms. The summed E-state index contributed by atoms with van der Waals surface area (Å²) in [4.78, 5) is 27.5. The Bertz CT molecular complexity index is 1020. The summed E-state index contributed by atoms with van der Waals surface area (Å²) in [6.45, 7) is 0.533. The van der Waals surface area contributed by atoms with Gasteiger partial charge in [0.2, 0.25) is 0 Å². The van der Waals surface area contributed by atoms with Crippen molar-refractivity contribution in [3.63, 3.8) is 0 Å². The number of halogens is 1. The Balaban J connectivity index is 1.48. The Labute approximate surface area is 142 Å². The van der Waals surface area contributed by atoms with Crippen molar-refractivity contribution in [2.75, 3.05) is 0 Å². The molecule has 2 N–H and O–H groups in total. The standard InChI is InChI=1S/C17H18FN5O2/c1-22-17(25)23-7-6-12(3-5-15(23)21-22)19-16(24)14-9-10-8-11(18)2-4-13(10)20-14/h2,4,8-9,12,20H,3,5-7H2,1H3,(H,19,24). The zero-order valence-electron chi connectivity index (χ0n) is 13.8. The molecule has 1 unspecified atom stereocenters. The molecular formula is C17H18FN5O2. The van der Waals surface area contributed by atoms with Crippen molar-refractivity contribution in [2.24, 2.45) is 7.05 Å². The molecule has 0 aliphatic carbocycles. The first-order chi connectivity index (χ1) is 12.0. The minimum Gasteiger partial charge on any atom is -0.351 e. The number of nitrogens with one attached hydrogen (secondary N) is 2. The van der Waals surface area contributed by atoms with E-state index in [2.05, 4.69) is 15.4 Å². The van der Waals surface area contributed by atoms with Crippen LogP contribution in [0.15, 0.2) is 29.1 Å². The van der Waals surface area contributed by atoms with Crippen molar-refractivity contribution in [3.8, 4) is 0 Å². The van der Waals surface area contributed by atoms with Crippen LogP contribution < -0.4 is 11.0 Å². The molecule has 1 amide bonds. The van der Waals surface area contributed by atoms with E-state index in [-0.39, 0.29) is 23.5 Å². The fourth-order valence-corrected chi connectivity index (χ4v) is 3.33. The summed E-state index contributed by atoms with van der Waals surface area (Å²) < 4.78 is 16.3. The van der Waals surface area contributed by atoms with Gasteiger partial charge in [-0.05, 0) is 37.1 Å². The van der Waals surface area contributed by atoms with Crippen molar-refractivity contribution in [1.29, 1.82) is 0 Å². The molecule has 1 aliphatic heterocycles. The van der Waals surface area contributed by atoms with Crippen molar-refractivity contribution in [1.82, 2.24) is 24.6 Å². The highest BCUT2D eigenvalue weighted by Gasteiger charge is 2.22. The molecule has 25 heavy (non-hydrogen) atoms. The molecule has 7 nitrogen and oxygen atoms in total. The maximum atomic E-state index is 13.3. The number of carbonyl (C=O) groups is 1. The van der Waals surface area contributed by atoms with Crippen LogP contribution in [0.25, 0.3) is 10.9 Å². The quantitative estimate of drug-likeness (QED) is 0.736. The topological polar surface area (TPSA) is 84.7 Å². The number of aromatic amines is 1. The molecule has 1 aliphatic rings. The van der Waals surface area contributed by atoms with Gasteiger partial charge in [-0.25, -0.2) is 13.9 Å². The zero-order chi connectivity index (χ0) is 17.6. The second-order valence-electron chi connectivity index (χ2n) is 6.39. The Morgan fingerprint density at radius 2 is 2.20 bits per heavy atom. The van der Waals surface area contributed by atoms with Gasteiger partial charge in [0.15, 0.2) is 0 Å². The van der Waals surface area contributed by atoms with Crippen LogP contribution in [-0.2, 0) is 20.0 Å². The van der Waals surface area contributed by atoms with Gasteiger partial charge in [0.1, 0.15) is 17.3 Å². The zero-order valence-corrected chi connectivity index (χ0v) is 13.8. The Morgan fingerprint density at radius 1 is 1.36 bits per heavy atom. The van der Waals surface area contributed by atoms with Crippen molar-refractivity contribution < 1.29 is 9.18 Å². The van der Waals surface area contributed by atoms with E-state index in [9.17, 15) is 14.0 Å². The molecule has 0 saturated heterocycles. The van der Waals surface area contributed by atoms with Gasteiger partial charge >= 0.3 is 5.69 Å². The van der Waals surface area contributed by atoms with E-state index in [1.807, 2.05) is 0 Å². The van der Waals surface area contributed by atoms with Crippen LogP contribution in [0.5, 0.6) is 0 Å². The lowest BCUT2D eigenvalue weighted by Crippen LogP contribution is -2.35. The smallest absolute Gasteiger partial charge is 0.345 e. The largest absolute Gasteiger partial charge is 0.351 e. The third kappa shape index (κ3) is 2.84. The Kier molecular flexibility index (Phi) is 3.67. The molecule has 8 heteroatoms. The minimum absolute atomic E-state index is 0.0398. The lowest BCUT2D eigenvalue weighted by atomic mass is 10.1. The maximum absolute atomic E-state index is 13.3. The second kappa shape index (κ2) is 5.87. The molecule has 3 heterocycles. The van der Waals surface area contributed by atoms with E-state index < -0.39 is 0 Å². The van der Waals surface area contributed by atoms with E-state index in [1.54, 1.807) is 23.7 Å². The van der Waals surface area contributed by atoms with Gasteiger partial charge in [0, 0.05) is 37.0 Å². The van der Waals surface area contributed by atoms with Gasteiger partial charge in [0.25, 0.3) is 5.91 Å². The van der Waals surface area contributed by atoms with Gasteiger partial charge in [-0.3, -0.25) is 9.36 Å². The summed E-state index contributed by atoms with van der Waals surface area (Å²) >= 11 is 0. The molecule has 0 radical (unpaired) electrons. The molecule has 0 fully saturated rings. The van der Waals surface area contributed by atoms with Crippen LogP contribution in [0.4, 0.5) is 4.39 Å². The number of hydrogen-bond acceptors (Lipinski definition) is 3. The highest BCUT2D eigenvalue weighted by Crippen LogP contribution is 2.18. The molecular weight excluding hydrogens is 325 g/mol. The van der Waals surface area contributed by atoms with Crippen LogP contribution in [0.3, 0.4) is 0 Å². The maximum Gasteiger partial charge on any atom is 0.345 e. The Morgan fingerprint density at radius 3 is 3.04 bits per heavy atom. The van der Waals surface area contributed by atoms with Gasteiger partial charge in [-0.15, -0.1) is 0 Å². The molecule has 3 aromatic rings. The van der Waals surface area contributed by atoms with Gasteiger partial charge < -0.3 is 10.3 Å². The number of aromatic nitrogens is 4. The lowest BCUT2D eigenvalue weighted by molar-refractivity contribution is 0.0928. The van der Waals surface area contributed by atoms with Crippen molar-refractivity contribution in [3.05, 3.63) is 52.1 Å². The summed E-state index contributed by atoms with van der Waals surface area (Å²) in [5, 5.41) is 7.89. The number of H-pyrrole nitrogens is 1. The summed E-state index contributed by atoms with van der Waals surface area (Å²) in [6.07, 6.45) is 2.02. The summed E-state index contributed by atoms with van der Waals surface area (Å²) in [7, 11) is 1.64. The number of carbonyl (C=O) groups excluding carboxylic acids is 1. The van der Waals surface area contributed by atoms with Crippen molar-refractivity contribution in [2.45, 2.75) is 31.8 Å². The predicted molar refractivity (Wildman–Crippen MR) is 89.9 cm³/mol. The minimum atomic E-state index is -0.335. The molecule has 1 aromatic carbocycles. The fraction of sp³-hybridized carbons (Fsp3) is 0.353. The number of amides is 1. The molecule has 0 spiro atoms. The van der Waals surface area contributed by atoms with E-state index in [1.165, 1.54) is 16.8 Å². The van der Waals surface area contributed by atoms with Gasteiger partial charge in [0.05, 0.1) is 0 Å². The Hall–Kier alpha value is -2.90. The van der Waals surface area contributed by atoms with Crippen LogP contribution >= 0.6 is 0 Å². The number of hydrogen-bond donors (Lipinski definition) is 2. The third-order valence-corrected chi connectivity index (χ3v) is 4.66. The van der Waals surface area contributed by atoms with Crippen LogP contribution in [0.2, 0.25) is 0 Å². The number of fused-ring (bicyclic) bond motifs is 2. The van der Waals surface area contributed by atoms with E-state index >= 15 is 0 Å². The molecule has 0 saturated carbocycles. The highest BCUT2D eigenvalue weighted by molar-refractivity contribution is 5.98. The average Bonchev–Trinajstić information content (AvgIpc) is 3.05. The third-order valence-electron chi connectivity index (χ3n) is 4.66. The lowest BCUT2D eigenvalue weighted by Gasteiger charge is -2.15. The molecule has 4 rings (SSSR count). The van der Waals surface area contributed by atoms with E-state index in [0.29, 0.717) is 30.5 Å². The first-order valence-corrected chi connectivity index (χ1v) is 8.23. The van der Waals surface area contributed by atoms with E-state index in [0.717, 1.165) is 17.8 Å². The number of rotatable bonds is 2. The van der Waals surface area contributed by atoms with Crippen LogP contribution in [-0.4, -0.2) is 31.3 Å². The average molecular weight is 343 g/mol. The summed E-state index contributed by atoms with van der Waals surface area (Å²) in [6, 6.07) is 5.96. The molecule has 1 atom stereocenters. The summed E-state index contributed by atoms with van der Waals surface area (Å²) in [5.74, 6) is 0.192. The normalized spacial score (nSPS) is 17.3. The predicted octanol–water partition coefficient (Wildman–Crippen LogP) is 1.34. The molecule has 130 valence electrons. The van der Waals surface area contributed by atoms with Crippen molar-refractivity contribution >= 4 is 16.8 Å². The number of benzene rings is 1. The van der Waals surface area contributed by atoms with Crippen LogP contribution in [0, 0.1) is 5.82 Å². The van der Waals surface area contributed by atoms with Gasteiger partial charge in [-0.2, -0.15) is 5.10 Å². The number of nitrogens with zero attached hydrogens (tertiary/aromatic N) is 3. The highest BCUT2D eigenvalue weighted by atomic mass is 19.1. The second-order valence-corrected chi connectivity index (χ2v) is 6.39. The molecule has 2 aromatic heterocycles. The first-order valence-electron chi connectivity index (χ1n) is 8.23. The monoisotopic (exact) mass is 343 g/mol. The van der Waals surface area contributed by atoms with Gasteiger partial charge in [-0.1, -0.05) is 0 Å². The SMILES string of the molecule is Cn1nc2n(c1=O)CCC(NC(=O)c1cc3cc(F)ccc3[nH]1)CC2. The van der Waals surface area contributed by atoms with Crippen LogP contribution in [0.1, 0.15) is 29.2 Å². The fourth-order valence-electron chi connectivity index (χ4n) is 3.33. The summed E-state index contributed by atoms with van der Waals surface area (Å²) in [5.41, 5.74) is 0.995. The first kappa shape index (κ1) is 15.6.